The van der Waals surface area contributed by atoms with Crippen LogP contribution in [0.2, 0.25) is 0 Å². The van der Waals surface area contributed by atoms with Crippen LogP contribution in [-0.4, -0.2) is 28.6 Å². The first-order valence-electron chi connectivity index (χ1n) is 7.28. The summed E-state index contributed by atoms with van der Waals surface area (Å²) in [7, 11) is 0. The summed E-state index contributed by atoms with van der Waals surface area (Å²) < 4.78 is 0. The molecule has 3 atom stereocenters. The zero-order valence-corrected chi connectivity index (χ0v) is 12.3. The topological polar surface area (TPSA) is 54.2 Å². The van der Waals surface area contributed by atoms with Gasteiger partial charge in [0.25, 0.3) is 0 Å². The van der Waals surface area contributed by atoms with Crippen LogP contribution in [0.1, 0.15) is 50.3 Å². The second kappa shape index (κ2) is 6.46. The van der Waals surface area contributed by atoms with Crippen molar-refractivity contribution < 1.29 is 0 Å². The summed E-state index contributed by atoms with van der Waals surface area (Å²) in [5, 5.41) is 2.38. The molecule has 0 saturated carbocycles. The van der Waals surface area contributed by atoms with Gasteiger partial charge in [-0.15, -0.1) is 0 Å². The molecule has 4 heteroatoms. The Kier molecular flexibility index (Phi) is 4.91. The lowest BCUT2D eigenvalue weighted by Crippen LogP contribution is -2.54. The van der Waals surface area contributed by atoms with Crippen LogP contribution in [0.25, 0.3) is 0 Å². The lowest BCUT2D eigenvalue weighted by Gasteiger charge is -2.41. The van der Waals surface area contributed by atoms with E-state index in [-0.39, 0.29) is 6.04 Å². The van der Waals surface area contributed by atoms with Gasteiger partial charge in [-0.3, -0.25) is 4.98 Å². The average molecular weight is 262 g/mol. The molecular weight excluding hydrogens is 236 g/mol. The first-order chi connectivity index (χ1) is 9.13. The van der Waals surface area contributed by atoms with Crippen LogP contribution in [0.3, 0.4) is 0 Å². The smallest absolute Gasteiger partial charge is 0.0605 e. The number of aryl methyl sites for hydroxylation is 1. The third kappa shape index (κ3) is 3.32. The van der Waals surface area contributed by atoms with Gasteiger partial charge in [-0.25, -0.2) is 10.4 Å². The SMILES string of the molecule is Cc1ccncc1C(CN)NN1C(C)CCCC1C. The fourth-order valence-electron chi connectivity index (χ4n) is 2.95. The number of aromatic nitrogens is 1. The summed E-state index contributed by atoms with van der Waals surface area (Å²) in [6.45, 7) is 7.27. The first-order valence-corrected chi connectivity index (χ1v) is 7.28. The lowest BCUT2D eigenvalue weighted by molar-refractivity contribution is 0.0303. The Morgan fingerprint density at radius 1 is 1.42 bits per heavy atom. The Hall–Kier alpha value is -0.970. The number of hydrazine groups is 1. The molecule has 4 nitrogen and oxygen atoms in total. The Morgan fingerprint density at radius 2 is 2.11 bits per heavy atom. The quantitative estimate of drug-likeness (QED) is 0.873. The molecule has 0 aliphatic carbocycles. The van der Waals surface area contributed by atoms with Gasteiger partial charge in [-0.05, 0) is 50.8 Å². The van der Waals surface area contributed by atoms with Gasteiger partial charge in [0.15, 0.2) is 0 Å². The molecule has 2 rings (SSSR count). The van der Waals surface area contributed by atoms with E-state index in [4.69, 9.17) is 5.73 Å². The highest BCUT2D eigenvalue weighted by molar-refractivity contribution is 5.25. The molecule has 1 aromatic rings. The van der Waals surface area contributed by atoms with Crippen molar-refractivity contribution in [3.8, 4) is 0 Å². The number of nitrogens with two attached hydrogens (primary N) is 1. The van der Waals surface area contributed by atoms with Gasteiger partial charge in [0.05, 0.1) is 6.04 Å². The van der Waals surface area contributed by atoms with Crippen LogP contribution in [0.5, 0.6) is 0 Å². The van der Waals surface area contributed by atoms with Gasteiger partial charge in [0, 0.05) is 31.0 Å². The molecule has 1 saturated heterocycles. The number of pyridine rings is 1. The van der Waals surface area contributed by atoms with E-state index in [1.54, 1.807) is 0 Å². The summed E-state index contributed by atoms with van der Waals surface area (Å²) >= 11 is 0. The van der Waals surface area contributed by atoms with Gasteiger partial charge in [-0.1, -0.05) is 6.42 Å². The molecule has 1 aliphatic heterocycles. The van der Waals surface area contributed by atoms with Crippen molar-refractivity contribution in [1.82, 2.24) is 15.4 Å². The Morgan fingerprint density at radius 3 is 2.68 bits per heavy atom. The maximum absolute atomic E-state index is 5.96. The third-order valence-corrected chi connectivity index (χ3v) is 4.19. The van der Waals surface area contributed by atoms with Crippen molar-refractivity contribution in [2.45, 2.75) is 58.2 Å². The second-order valence-corrected chi connectivity index (χ2v) is 5.69. The van der Waals surface area contributed by atoms with Crippen molar-refractivity contribution in [3.05, 3.63) is 29.6 Å². The van der Waals surface area contributed by atoms with Crippen LogP contribution >= 0.6 is 0 Å². The molecule has 106 valence electrons. The normalized spacial score (nSPS) is 26.3. The van der Waals surface area contributed by atoms with Crippen LogP contribution in [-0.2, 0) is 0 Å². The molecular formula is C15H26N4. The standard InChI is InChI=1S/C15H26N4/c1-11-7-8-17-10-14(11)15(9-16)18-19-12(2)5-4-6-13(19)3/h7-8,10,12-13,15,18H,4-6,9,16H2,1-3H3. The fourth-order valence-corrected chi connectivity index (χ4v) is 2.95. The van der Waals surface area contributed by atoms with Crippen LogP contribution < -0.4 is 11.2 Å². The van der Waals surface area contributed by atoms with Gasteiger partial charge in [0.1, 0.15) is 0 Å². The summed E-state index contributed by atoms with van der Waals surface area (Å²) in [5.74, 6) is 0. The van der Waals surface area contributed by atoms with Crippen molar-refractivity contribution in [1.29, 1.82) is 0 Å². The lowest BCUT2D eigenvalue weighted by atomic mass is 9.99. The predicted molar refractivity (Wildman–Crippen MR) is 78.5 cm³/mol. The zero-order valence-electron chi connectivity index (χ0n) is 12.3. The van der Waals surface area contributed by atoms with E-state index < -0.39 is 0 Å². The van der Waals surface area contributed by atoms with E-state index in [9.17, 15) is 0 Å². The minimum absolute atomic E-state index is 0.150. The van der Waals surface area contributed by atoms with E-state index >= 15 is 0 Å². The highest BCUT2D eigenvalue weighted by Crippen LogP contribution is 2.23. The maximum Gasteiger partial charge on any atom is 0.0605 e. The Balaban J connectivity index is 2.12. The van der Waals surface area contributed by atoms with Crippen molar-refractivity contribution in [2.24, 2.45) is 5.73 Å². The van der Waals surface area contributed by atoms with E-state index in [1.165, 1.54) is 30.4 Å². The Bertz CT molecular complexity index is 397. The molecule has 3 N–H and O–H groups in total. The minimum atomic E-state index is 0.150. The fraction of sp³-hybridized carbons (Fsp3) is 0.667. The highest BCUT2D eigenvalue weighted by atomic mass is 15.5. The van der Waals surface area contributed by atoms with E-state index in [1.807, 2.05) is 18.5 Å². The van der Waals surface area contributed by atoms with Gasteiger partial charge < -0.3 is 5.73 Å². The molecule has 0 spiro atoms. The highest BCUT2D eigenvalue weighted by Gasteiger charge is 2.27. The maximum atomic E-state index is 5.96. The zero-order chi connectivity index (χ0) is 13.8. The van der Waals surface area contributed by atoms with E-state index in [0.29, 0.717) is 18.6 Å². The van der Waals surface area contributed by atoms with Gasteiger partial charge in [-0.2, -0.15) is 0 Å². The van der Waals surface area contributed by atoms with Crippen LogP contribution in [0, 0.1) is 6.92 Å². The molecule has 2 heterocycles. The van der Waals surface area contributed by atoms with Crippen molar-refractivity contribution in [2.75, 3.05) is 6.54 Å². The van der Waals surface area contributed by atoms with E-state index in [0.717, 1.165) is 0 Å². The molecule has 1 fully saturated rings. The van der Waals surface area contributed by atoms with Crippen LogP contribution in [0.4, 0.5) is 0 Å². The summed E-state index contributed by atoms with van der Waals surface area (Å²) in [6.07, 6.45) is 7.58. The largest absolute Gasteiger partial charge is 0.329 e. The summed E-state index contributed by atoms with van der Waals surface area (Å²) in [5.41, 5.74) is 12.0. The number of hydrogen-bond donors (Lipinski definition) is 2. The van der Waals surface area contributed by atoms with Gasteiger partial charge >= 0.3 is 0 Å². The predicted octanol–water partition coefficient (Wildman–Crippen LogP) is 2.16. The molecule has 0 aromatic carbocycles. The number of rotatable bonds is 4. The third-order valence-electron chi connectivity index (χ3n) is 4.19. The number of piperidine rings is 1. The summed E-state index contributed by atoms with van der Waals surface area (Å²) in [6, 6.07) is 3.32. The number of nitrogens with zero attached hydrogens (tertiary/aromatic N) is 2. The molecule has 1 aliphatic rings. The van der Waals surface area contributed by atoms with Crippen molar-refractivity contribution in [3.63, 3.8) is 0 Å². The molecule has 0 bridgehead atoms. The Labute approximate surface area is 116 Å². The average Bonchev–Trinajstić information content (AvgIpc) is 2.40. The molecule has 0 radical (unpaired) electrons. The van der Waals surface area contributed by atoms with Crippen LogP contribution in [0.15, 0.2) is 18.5 Å². The number of nitrogens with one attached hydrogen (secondary N) is 1. The molecule has 0 amide bonds. The van der Waals surface area contributed by atoms with E-state index in [2.05, 4.69) is 36.2 Å². The first kappa shape index (κ1) is 14.4. The molecule has 3 unspecified atom stereocenters. The van der Waals surface area contributed by atoms with Crippen molar-refractivity contribution >= 4 is 0 Å². The number of hydrogen-bond acceptors (Lipinski definition) is 4. The summed E-state index contributed by atoms with van der Waals surface area (Å²) in [4.78, 5) is 4.23. The van der Waals surface area contributed by atoms with Gasteiger partial charge in [0.2, 0.25) is 0 Å². The minimum Gasteiger partial charge on any atom is -0.329 e. The second-order valence-electron chi connectivity index (χ2n) is 5.69. The monoisotopic (exact) mass is 262 g/mol. The molecule has 19 heavy (non-hydrogen) atoms. The molecule has 1 aromatic heterocycles.